The van der Waals surface area contributed by atoms with Gasteiger partial charge in [0.1, 0.15) is 13.2 Å². The maximum atomic E-state index is 10.2. The van der Waals surface area contributed by atoms with Gasteiger partial charge in [0.25, 0.3) is 0 Å². The molecule has 0 fully saturated rings. The Hall–Kier alpha value is -0.260. The summed E-state index contributed by atoms with van der Waals surface area (Å²) >= 11 is 0. The van der Waals surface area contributed by atoms with Crippen LogP contribution < -0.4 is 0 Å². The number of carbonyl (C=O) groups is 1. The molecule has 0 amide bonds. The fourth-order valence-electron chi connectivity index (χ4n) is 0.205. The Bertz CT molecular complexity index is 158. The predicted molar refractivity (Wildman–Crippen MR) is 31.5 cm³/mol. The van der Waals surface area contributed by atoms with E-state index in [-0.39, 0.29) is 0 Å². The first-order chi connectivity index (χ1) is 4.45. The maximum Gasteiger partial charge on any atom is 0.631 e. The zero-order valence-corrected chi connectivity index (χ0v) is 5.88. The largest absolute Gasteiger partial charge is 0.631 e. The number of Topliss-reactive ketones (excluding diaryl/α,β-unsaturated/α-hetero) is 1. The minimum absolute atomic E-state index is 0.701. The molecule has 0 aliphatic heterocycles. The normalized spacial score (nSPS) is 16.3. The second-order valence-electron chi connectivity index (χ2n) is 1.49. The van der Waals surface area contributed by atoms with E-state index >= 15 is 0 Å². The van der Waals surface area contributed by atoms with E-state index in [0.29, 0.717) is 0 Å². The molecule has 7 heteroatoms. The number of ketones is 1. The number of aliphatic hydroxyl groups is 1. The molecule has 6 nitrogen and oxygen atoms in total. The number of rotatable bonds is 4. The van der Waals surface area contributed by atoms with Gasteiger partial charge in [-0.2, -0.15) is 4.57 Å². The van der Waals surface area contributed by atoms with Gasteiger partial charge in [-0.05, 0) is 0 Å². The molecule has 0 radical (unpaired) electrons. The minimum atomic E-state index is -4.31. The minimum Gasteiger partial charge on any atom is -0.388 e. The van der Waals surface area contributed by atoms with Gasteiger partial charge in [-0.3, -0.25) is 9.69 Å². The molecule has 0 spiro atoms. The third-order valence-corrected chi connectivity index (χ3v) is 1.06. The van der Waals surface area contributed by atoms with E-state index in [4.69, 9.17) is 14.9 Å². The highest BCUT2D eigenvalue weighted by Crippen LogP contribution is 2.35. The molecule has 0 heterocycles. The molecule has 4 N–H and O–H groups in total. The molecule has 0 aromatic carbocycles. The van der Waals surface area contributed by atoms with Gasteiger partial charge < -0.3 is 10.00 Å². The summed E-state index contributed by atoms with van der Waals surface area (Å²) in [5.74, 6) is -0.735. The molecule has 10 heavy (non-hydrogen) atoms. The number of aliphatic hydroxyl groups excluding tert-OH is 1. The van der Waals surface area contributed by atoms with Gasteiger partial charge in [-0.15, -0.1) is 0 Å². The quantitative estimate of drug-likeness (QED) is 0.390. The van der Waals surface area contributed by atoms with Gasteiger partial charge in [0.05, 0.1) is 0 Å². The van der Waals surface area contributed by atoms with Crippen molar-refractivity contribution in [2.24, 2.45) is 0 Å². The van der Waals surface area contributed by atoms with Crippen molar-refractivity contribution in [1.82, 2.24) is 0 Å². The molecule has 0 aromatic heterocycles. The summed E-state index contributed by atoms with van der Waals surface area (Å²) in [5, 5.41) is 8.07. The van der Waals surface area contributed by atoms with Crippen LogP contribution >= 0.6 is 7.82 Å². The summed E-state index contributed by atoms with van der Waals surface area (Å²) in [6, 6.07) is 0. The molecule has 1 atom stereocenters. The van der Waals surface area contributed by atoms with E-state index in [0.717, 1.165) is 0 Å². The third kappa shape index (κ3) is 5.87. The number of carbonyl (C=O) groups excluding carboxylic acids is 1. The van der Waals surface area contributed by atoms with E-state index in [1.807, 2.05) is 0 Å². The Labute approximate surface area is 56.7 Å². The van der Waals surface area contributed by atoms with E-state index < -0.39 is 26.8 Å². The van der Waals surface area contributed by atoms with Crippen molar-refractivity contribution in [2.45, 2.75) is 0 Å². The Morgan fingerprint density at radius 3 is 2.50 bits per heavy atom. The molecular formula is C3H8O6P+. The molecule has 1 unspecified atom stereocenters. The summed E-state index contributed by atoms with van der Waals surface area (Å²) in [6.45, 7) is -1.45. The topological polar surface area (TPSA) is 107 Å². The van der Waals surface area contributed by atoms with Crippen LogP contribution in [0.1, 0.15) is 0 Å². The molecule has 0 saturated heterocycles. The first-order valence-corrected chi connectivity index (χ1v) is 3.88. The zero-order valence-electron chi connectivity index (χ0n) is 4.98. The van der Waals surface area contributed by atoms with Crippen LogP contribution in [0.15, 0.2) is 0 Å². The fraction of sp³-hybridized carbons (Fsp3) is 0.667. The molecule has 0 aromatic rings. The maximum absolute atomic E-state index is 10.2. The molecule has 0 rings (SSSR count). The van der Waals surface area contributed by atoms with E-state index in [1.165, 1.54) is 0 Å². The van der Waals surface area contributed by atoms with Crippen molar-refractivity contribution in [1.29, 1.82) is 0 Å². The Morgan fingerprint density at radius 1 is 1.70 bits per heavy atom. The van der Waals surface area contributed by atoms with E-state index in [2.05, 4.69) is 4.52 Å². The van der Waals surface area contributed by atoms with E-state index in [9.17, 15) is 9.36 Å². The lowest BCUT2D eigenvalue weighted by molar-refractivity contribution is -0.124. The van der Waals surface area contributed by atoms with Gasteiger partial charge in [-0.1, -0.05) is 0 Å². The van der Waals surface area contributed by atoms with Crippen LogP contribution in [-0.2, 0) is 13.9 Å². The van der Waals surface area contributed by atoms with Crippen LogP contribution in [0.25, 0.3) is 0 Å². The predicted octanol–water partition coefficient (Wildman–Crippen LogP) is -1.61. The van der Waals surface area contributed by atoms with Crippen LogP contribution in [-0.4, -0.2) is 33.9 Å². The lowest BCUT2D eigenvalue weighted by Gasteiger charge is -1.96. The SMILES string of the molecule is O=C(CO)COP(=O)(O)[OH2+]. The van der Waals surface area contributed by atoms with Crippen molar-refractivity contribution >= 4 is 13.6 Å². The second kappa shape index (κ2) is 3.80. The van der Waals surface area contributed by atoms with Crippen molar-refractivity contribution in [2.75, 3.05) is 13.2 Å². The van der Waals surface area contributed by atoms with Crippen molar-refractivity contribution in [3.8, 4) is 0 Å². The van der Waals surface area contributed by atoms with Gasteiger partial charge >= 0.3 is 7.82 Å². The van der Waals surface area contributed by atoms with Crippen LogP contribution in [0, 0.1) is 0 Å². The van der Waals surface area contributed by atoms with Crippen molar-refractivity contribution in [3.63, 3.8) is 0 Å². The van der Waals surface area contributed by atoms with Crippen LogP contribution in [0.2, 0.25) is 0 Å². The first-order valence-electron chi connectivity index (χ1n) is 2.30. The molecular weight excluding hydrogens is 163 g/mol. The van der Waals surface area contributed by atoms with Gasteiger partial charge in [-0.25, -0.2) is 4.52 Å². The van der Waals surface area contributed by atoms with Crippen LogP contribution in [0.4, 0.5) is 0 Å². The zero-order chi connectivity index (χ0) is 8.20. The molecule has 0 bridgehead atoms. The summed E-state index contributed by atoms with van der Waals surface area (Å²) in [6.07, 6.45) is 0. The molecule has 60 valence electrons. The average Bonchev–Trinajstić information content (AvgIpc) is 1.81. The van der Waals surface area contributed by atoms with Crippen molar-refractivity contribution in [3.05, 3.63) is 0 Å². The lowest BCUT2D eigenvalue weighted by atomic mass is 10.5. The van der Waals surface area contributed by atoms with Crippen LogP contribution in [0.3, 0.4) is 0 Å². The summed E-state index contributed by atoms with van der Waals surface area (Å²) in [5.41, 5.74) is 0. The highest BCUT2D eigenvalue weighted by molar-refractivity contribution is 7.46. The Morgan fingerprint density at radius 2 is 2.20 bits per heavy atom. The Kier molecular flexibility index (Phi) is 3.70. The van der Waals surface area contributed by atoms with Gasteiger partial charge in [0.15, 0.2) is 5.78 Å². The molecule has 0 saturated carbocycles. The highest BCUT2D eigenvalue weighted by atomic mass is 31.2. The third-order valence-electron chi connectivity index (χ3n) is 0.577. The van der Waals surface area contributed by atoms with Gasteiger partial charge in [0, 0.05) is 0 Å². The Balaban J connectivity index is 3.56. The highest BCUT2D eigenvalue weighted by Gasteiger charge is 2.22. The average molecular weight is 171 g/mol. The smallest absolute Gasteiger partial charge is 0.388 e. The summed E-state index contributed by atoms with van der Waals surface area (Å²) in [7, 11) is -4.31. The standard InChI is InChI=1S/C3H7O6P/c4-1-3(5)2-9-10(6,7)8/h4H,1-2H2,(H2,6,7,8)/p+1. The lowest BCUT2D eigenvalue weighted by Crippen LogP contribution is -2.11. The fourth-order valence-corrected chi connectivity index (χ4v) is 0.524. The molecule has 0 aliphatic carbocycles. The monoisotopic (exact) mass is 171 g/mol. The summed E-state index contributed by atoms with van der Waals surface area (Å²) < 4.78 is 13.9. The van der Waals surface area contributed by atoms with E-state index in [1.54, 1.807) is 0 Å². The second-order valence-corrected chi connectivity index (χ2v) is 2.79. The molecule has 0 aliphatic rings. The van der Waals surface area contributed by atoms with Crippen LogP contribution in [0.5, 0.6) is 0 Å². The van der Waals surface area contributed by atoms with Crippen molar-refractivity contribution < 1.29 is 28.8 Å². The van der Waals surface area contributed by atoms with Gasteiger partial charge in [0.2, 0.25) is 0 Å². The number of hydrogen-bond acceptors (Lipinski definition) is 4. The summed E-state index contributed by atoms with van der Waals surface area (Å²) in [4.78, 5) is 24.6. The number of hydrogen-bond donors (Lipinski definition) is 2. The first kappa shape index (κ1) is 9.74.